The molecule has 2 fully saturated rings. The molecule has 0 bridgehead atoms. The average Bonchev–Trinajstić information content (AvgIpc) is 2.64. The topological polar surface area (TPSA) is 76.8 Å². The average molecular weight is 357 g/mol. The molecule has 1 amide bonds. The zero-order valence-corrected chi connectivity index (χ0v) is 15.5. The Balaban J connectivity index is 1.50. The number of carbonyl (C=O) groups is 1. The maximum absolute atomic E-state index is 12.3. The van der Waals surface area contributed by atoms with Crippen molar-refractivity contribution in [2.45, 2.75) is 32.4 Å². The molecular weight excluding hydrogens is 330 g/mol. The van der Waals surface area contributed by atoms with Crippen molar-refractivity contribution in [3.8, 4) is 11.8 Å². The number of amides is 1. The van der Waals surface area contributed by atoms with Gasteiger partial charge in [0, 0.05) is 39.8 Å². The Morgan fingerprint density at radius 1 is 1.38 bits per heavy atom. The van der Waals surface area contributed by atoms with E-state index < -0.39 is 0 Å². The number of piperidine rings is 1. The zero-order valence-electron chi connectivity index (χ0n) is 15.5. The molecule has 2 saturated heterocycles. The second-order valence-electron chi connectivity index (χ2n) is 7.48. The van der Waals surface area contributed by atoms with Crippen molar-refractivity contribution in [1.29, 1.82) is 5.26 Å². The van der Waals surface area contributed by atoms with Crippen LogP contribution in [0, 0.1) is 23.2 Å². The SMILES string of the molecule is CO[C@H](C)C(=O)N1CCCC(C2CN(Cc3ccc(O)c(C#N)c3)C2)C1. The first-order valence-electron chi connectivity index (χ1n) is 9.27. The molecule has 2 aliphatic heterocycles. The molecule has 6 heteroatoms. The Bertz CT molecular complexity index is 694. The highest BCUT2D eigenvalue weighted by Crippen LogP contribution is 2.32. The van der Waals surface area contributed by atoms with Crippen LogP contribution in [-0.2, 0) is 16.1 Å². The van der Waals surface area contributed by atoms with Crippen LogP contribution in [0.25, 0.3) is 0 Å². The minimum Gasteiger partial charge on any atom is -0.507 e. The lowest BCUT2D eigenvalue weighted by atomic mass is 9.80. The molecule has 0 radical (unpaired) electrons. The van der Waals surface area contributed by atoms with E-state index in [9.17, 15) is 9.90 Å². The van der Waals surface area contributed by atoms with Gasteiger partial charge in [0.25, 0.3) is 5.91 Å². The van der Waals surface area contributed by atoms with E-state index in [0.717, 1.165) is 44.7 Å². The quantitative estimate of drug-likeness (QED) is 0.872. The number of likely N-dealkylation sites (tertiary alicyclic amines) is 2. The number of benzene rings is 1. The van der Waals surface area contributed by atoms with Crippen LogP contribution in [0.2, 0.25) is 0 Å². The van der Waals surface area contributed by atoms with Crippen molar-refractivity contribution in [1.82, 2.24) is 9.80 Å². The number of aromatic hydroxyl groups is 1. The molecule has 1 unspecified atom stereocenters. The molecule has 0 saturated carbocycles. The minimum absolute atomic E-state index is 0.0370. The summed E-state index contributed by atoms with van der Waals surface area (Å²) in [7, 11) is 1.58. The molecule has 1 aromatic rings. The molecule has 1 aromatic carbocycles. The van der Waals surface area contributed by atoms with Gasteiger partial charge in [-0.3, -0.25) is 9.69 Å². The number of hydrogen-bond acceptors (Lipinski definition) is 5. The highest BCUT2D eigenvalue weighted by molar-refractivity contribution is 5.80. The van der Waals surface area contributed by atoms with Crippen molar-refractivity contribution in [3.05, 3.63) is 29.3 Å². The van der Waals surface area contributed by atoms with Crippen molar-refractivity contribution in [2.75, 3.05) is 33.3 Å². The van der Waals surface area contributed by atoms with E-state index in [2.05, 4.69) is 4.90 Å². The van der Waals surface area contributed by atoms with Crippen molar-refractivity contribution < 1.29 is 14.6 Å². The fourth-order valence-electron chi connectivity index (χ4n) is 4.02. The summed E-state index contributed by atoms with van der Waals surface area (Å²) in [6, 6.07) is 7.24. The Labute approximate surface area is 155 Å². The van der Waals surface area contributed by atoms with Gasteiger partial charge in [0.2, 0.25) is 0 Å². The summed E-state index contributed by atoms with van der Waals surface area (Å²) in [5.74, 6) is 1.31. The molecule has 140 valence electrons. The van der Waals surface area contributed by atoms with Crippen LogP contribution in [0.5, 0.6) is 5.75 Å². The highest BCUT2D eigenvalue weighted by Gasteiger charge is 2.37. The van der Waals surface area contributed by atoms with Gasteiger partial charge in [0.15, 0.2) is 0 Å². The third-order valence-corrected chi connectivity index (χ3v) is 5.71. The summed E-state index contributed by atoms with van der Waals surface area (Å²) < 4.78 is 5.17. The number of hydrogen-bond donors (Lipinski definition) is 1. The Kier molecular flexibility index (Phi) is 5.80. The normalized spacial score (nSPS) is 22.5. The Morgan fingerprint density at radius 2 is 2.15 bits per heavy atom. The second kappa shape index (κ2) is 8.07. The van der Waals surface area contributed by atoms with Crippen LogP contribution >= 0.6 is 0 Å². The van der Waals surface area contributed by atoms with Crippen LogP contribution in [0.1, 0.15) is 30.9 Å². The zero-order chi connectivity index (χ0) is 18.7. The van der Waals surface area contributed by atoms with Crippen LogP contribution in [0.4, 0.5) is 0 Å². The van der Waals surface area contributed by atoms with Gasteiger partial charge in [-0.25, -0.2) is 0 Å². The minimum atomic E-state index is -0.365. The van der Waals surface area contributed by atoms with Gasteiger partial charge in [-0.15, -0.1) is 0 Å². The first kappa shape index (κ1) is 18.7. The summed E-state index contributed by atoms with van der Waals surface area (Å²) >= 11 is 0. The molecule has 3 rings (SSSR count). The number of nitrogens with zero attached hydrogens (tertiary/aromatic N) is 3. The van der Waals surface area contributed by atoms with Gasteiger partial charge in [-0.1, -0.05) is 6.07 Å². The summed E-state index contributed by atoms with van der Waals surface area (Å²) in [6.45, 7) is 6.32. The number of ether oxygens (including phenoxy) is 1. The first-order chi connectivity index (χ1) is 12.5. The Morgan fingerprint density at radius 3 is 2.85 bits per heavy atom. The fraction of sp³-hybridized carbons (Fsp3) is 0.600. The largest absolute Gasteiger partial charge is 0.507 e. The second-order valence-corrected chi connectivity index (χ2v) is 7.48. The van der Waals surface area contributed by atoms with E-state index in [1.807, 2.05) is 24.0 Å². The molecular formula is C20H27N3O3. The van der Waals surface area contributed by atoms with Gasteiger partial charge >= 0.3 is 0 Å². The number of carbonyl (C=O) groups excluding carboxylic acids is 1. The van der Waals surface area contributed by atoms with E-state index in [4.69, 9.17) is 10.00 Å². The molecule has 6 nitrogen and oxygen atoms in total. The monoisotopic (exact) mass is 357 g/mol. The molecule has 2 heterocycles. The van der Waals surface area contributed by atoms with Gasteiger partial charge in [-0.05, 0) is 49.3 Å². The third-order valence-electron chi connectivity index (χ3n) is 5.71. The maximum atomic E-state index is 12.3. The smallest absolute Gasteiger partial charge is 0.251 e. The predicted molar refractivity (Wildman–Crippen MR) is 97.4 cm³/mol. The maximum Gasteiger partial charge on any atom is 0.251 e. The van der Waals surface area contributed by atoms with E-state index in [1.54, 1.807) is 19.2 Å². The highest BCUT2D eigenvalue weighted by atomic mass is 16.5. The number of methoxy groups -OCH3 is 1. The Hall–Kier alpha value is -2.10. The molecule has 2 atom stereocenters. The molecule has 2 aliphatic rings. The van der Waals surface area contributed by atoms with E-state index in [-0.39, 0.29) is 17.8 Å². The first-order valence-corrected chi connectivity index (χ1v) is 9.27. The number of rotatable bonds is 5. The molecule has 26 heavy (non-hydrogen) atoms. The fourth-order valence-corrected chi connectivity index (χ4v) is 4.02. The van der Waals surface area contributed by atoms with Crippen molar-refractivity contribution in [2.24, 2.45) is 11.8 Å². The number of nitriles is 1. The predicted octanol–water partition coefficient (Wildman–Crippen LogP) is 1.97. The van der Waals surface area contributed by atoms with E-state index >= 15 is 0 Å². The van der Waals surface area contributed by atoms with Crippen molar-refractivity contribution in [3.63, 3.8) is 0 Å². The molecule has 1 N–H and O–H groups in total. The summed E-state index contributed by atoms with van der Waals surface area (Å²) in [6.07, 6.45) is 1.88. The number of phenolic OH excluding ortho intramolecular Hbond substituents is 1. The lowest BCUT2D eigenvalue weighted by Gasteiger charge is -2.47. The number of phenols is 1. The van der Waals surface area contributed by atoms with Gasteiger partial charge < -0.3 is 14.7 Å². The van der Waals surface area contributed by atoms with Gasteiger partial charge in [0.1, 0.15) is 17.9 Å². The molecule has 0 aromatic heterocycles. The van der Waals surface area contributed by atoms with E-state index in [1.165, 1.54) is 6.42 Å². The summed E-state index contributed by atoms with van der Waals surface area (Å²) in [5.41, 5.74) is 1.38. The summed E-state index contributed by atoms with van der Waals surface area (Å²) in [4.78, 5) is 16.7. The lowest BCUT2D eigenvalue weighted by molar-refractivity contribution is -0.143. The van der Waals surface area contributed by atoms with Gasteiger partial charge in [0.05, 0.1) is 5.56 Å². The third kappa shape index (κ3) is 4.00. The van der Waals surface area contributed by atoms with Crippen LogP contribution in [0.3, 0.4) is 0 Å². The van der Waals surface area contributed by atoms with E-state index in [0.29, 0.717) is 17.4 Å². The lowest BCUT2D eigenvalue weighted by Crippen LogP contribution is -2.54. The van der Waals surface area contributed by atoms with Crippen molar-refractivity contribution >= 4 is 5.91 Å². The van der Waals surface area contributed by atoms with Crippen LogP contribution in [0.15, 0.2) is 18.2 Å². The van der Waals surface area contributed by atoms with Crippen LogP contribution in [-0.4, -0.2) is 60.2 Å². The standard InChI is InChI=1S/C20H27N3O3/c1-14(26-2)20(25)23-7-3-4-16(13-23)18-11-22(12-18)10-15-5-6-19(24)17(8-15)9-21/h5-6,8,14,16,18,24H,3-4,7,10-13H2,1-2H3/t14-,16?/m1/s1. The molecule has 0 spiro atoms. The molecule has 0 aliphatic carbocycles. The van der Waals surface area contributed by atoms with Gasteiger partial charge in [-0.2, -0.15) is 5.26 Å². The summed E-state index contributed by atoms with van der Waals surface area (Å²) in [5, 5.41) is 18.6. The van der Waals surface area contributed by atoms with Crippen LogP contribution < -0.4 is 0 Å².